The number of guanidine groups is 1. The van der Waals surface area contributed by atoms with Gasteiger partial charge in [-0.1, -0.05) is 29.3 Å². The third kappa shape index (κ3) is 6.68. The number of amides is 1. The summed E-state index contributed by atoms with van der Waals surface area (Å²) >= 11 is 12.0. The lowest BCUT2D eigenvalue weighted by Crippen LogP contribution is -2.43. The van der Waals surface area contributed by atoms with Crippen LogP contribution in [0.5, 0.6) is 0 Å². The molecule has 0 radical (unpaired) electrons. The highest BCUT2D eigenvalue weighted by Crippen LogP contribution is 2.21. The Labute approximate surface area is 156 Å². The first-order valence-corrected chi connectivity index (χ1v) is 8.59. The number of carbonyl (C=O) groups is 1. The van der Waals surface area contributed by atoms with E-state index >= 15 is 0 Å². The highest BCUT2D eigenvalue weighted by atomic mass is 35.5. The summed E-state index contributed by atoms with van der Waals surface area (Å²) in [6.07, 6.45) is 1.57. The van der Waals surface area contributed by atoms with Gasteiger partial charge in [0.25, 0.3) is 0 Å². The summed E-state index contributed by atoms with van der Waals surface area (Å²) in [5.41, 5.74) is 0.852. The number of rotatable bonds is 7. The predicted octanol–water partition coefficient (Wildman–Crippen LogP) is 2.96. The van der Waals surface area contributed by atoms with Crippen molar-refractivity contribution >= 4 is 35.1 Å². The van der Waals surface area contributed by atoms with Crippen molar-refractivity contribution < 1.29 is 9.21 Å². The van der Waals surface area contributed by atoms with E-state index in [0.29, 0.717) is 41.4 Å². The standard InChI is InChI=1S/C17H20Cl2N4O2/c1-2-20-17(22-9-12-5-6-13(18)8-15(12)19)23-11-16(24)21-10-14-4-3-7-25-14/h3-8H,2,9-11H2,1H3,(H,21,24)(H2,20,22,23). The normalized spacial score (nSPS) is 11.2. The van der Waals surface area contributed by atoms with Crippen LogP contribution in [0.15, 0.2) is 46.0 Å². The molecule has 0 atom stereocenters. The molecule has 134 valence electrons. The second-order valence-electron chi connectivity index (χ2n) is 5.14. The van der Waals surface area contributed by atoms with Crippen molar-refractivity contribution in [3.8, 4) is 0 Å². The van der Waals surface area contributed by atoms with Crippen molar-refractivity contribution in [2.75, 3.05) is 13.1 Å². The molecule has 1 aromatic heterocycles. The van der Waals surface area contributed by atoms with Gasteiger partial charge < -0.3 is 20.4 Å². The summed E-state index contributed by atoms with van der Waals surface area (Å²) in [7, 11) is 0. The number of nitrogens with zero attached hydrogens (tertiary/aromatic N) is 1. The van der Waals surface area contributed by atoms with Gasteiger partial charge in [-0.25, -0.2) is 4.99 Å². The first-order chi connectivity index (χ1) is 12.1. The number of aliphatic imine (C=N–C) groups is 1. The summed E-state index contributed by atoms with van der Waals surface area (Å²) in [4.78, 5) is 16.3. The Kier molecular flexibility index (Phi) is 7.63. The summed E-state index contributed by atoms with van der Waals surface area (Å²) in [6, 6.07) is 8.84. The molecule has 6 nitrogen and oxygen atoms in total. The van der Waals surface area contributed by atoms with Gasteiger partial charge in [0.1, 0.15) is 5.76 Å². The van der Waals surface area contributed by atoms with Crippen molar-refractivity contribution in [3.63, 3.8) is 0 Å². The van der Waals surface area contributed by atoms with Gasteiger partial charge in [-0.15, -0.1) is 0 Å². The van der Waals surface area contributed by atoms with Gasteiger partial charge in [-0.3, -0.25) is 4.79 Å². The van der Waals surface area contributed by atoms with Crippen LogP contribution in [0.25, 0.3) is 0 Å². The van der Waals surface area contributed by atoms with Crippen molar-refractivity contribution in [1.29, 1.82) is 0 Å². The fourth-order valence-electron chi connectivity index (χ4n) is 1.98. The minimum Gasteiger partial charge on any atom is -0.467 e. The number of furan rings is 1. The molecule has 8 heteroatoms. The molecule has 3 N–H and O–H groups in total. The van der Waals surface area contributed by atoms with E-state index in [1.165, 1.54) is 0 Å². The number of benzene rings is 1. The van der Waals surface area contributed by atoms with Crippen molar-refractivity contribution in [2.24, 2.45) is 4.99 Å². The van der Waals surface area contributed by atoms with Crippen LogP contribution in [0.4, 0.5) is 0 Å². The summed E-state index contributed by atoms with van der Waals surface area (Å²) in [5, 5.41) is 9.95. The first kappa shape index (κ1) is 19.1. The predicted molar refractivity (Wildman–Crippen MR) is 99.8 cm³/mol. The zero-order chi connectivity index (χ0) is 18.1. The van der Waals surface area contributed by atoms with E-state index in [4.69, 9.17) is 27.6 Å². The largest absolute Gasteiger partial charge is 0.467 e. The summed E-state index contributed by atoms with van der Waals surface area (Å²) in [6.45, 7) is 3.44. The monoisotopic (exact) mass is 382 g/mol. The number of hydrogen-bond donors (Lipinski definition) is 3. The minimum atomic E-state index is -0.161. The zero-order valence-corrected chi connectivity index (χ0v) is 15.3. The Hall–Kier alpha value is -2.18. The van der Waals surface area contributed by atoms with E-state index in [0.717, 1.165) is 5.56 Å². The number of halogens is 2. The van der Waals surface area contributed by atoms with E-state index in [9.17, 15) is 4.79 Å². The molecule has 0 aliphatic carbocycles. The molecule has 0 saturated carbocycles. The van der Waals surface area contributed by atoms with Gasteiger partial charge in [0.2, 0.25) is 5.91 Å². The fraction of sp³-hybridized carbons (Fsp3) is 0.294. The SMILES string of the molecule is CCNC(=NCc1ccc(Cl)cc1Cl)NCC(=O)NCc1ccco1. The molecule has 25 heavy (non-hydrogen) atoms. The van der Waals surface area contributed by atoms with Crippen LogP contribution in [0, 0.1) is 0 Å². The average molecular weight is 383 g/mol. The van der Waals surface area contributed by atoms with Crippen molar-refractivity contribution in [3.05, 3.63) is 58.0 Å². The highest BCUT2D eigenvalue weighted by molar-refractivity contribution is 6.35. The Morgan fingerprint density at radius 1 is 1.20 bits per heavy atom. The van der Waals surface area contributed by atoms with Gasteiger partial charge >= 0.3 is 0 Å². The van der Waals surface area contributed by atoms with Gasteiger partial charge in [-0.05, 0) is 36.8 Å². The van der Waals surface area contributed by atoms with Crippen LogP contribution in [0.1, 0.15) is 18.2 Å². The maximum Gasteiger partial charge on any atom is 0.239 e. The Morgan fingerprint density at radius 3 is 2.72 bits per heavy atom. The molecule has 1 amide bonds. The Balaban J connectivity index is 1.85. The maximum atomic E-state index is 11.9. The van der Waals surface area contributed by atoms with Gasteiger partial charge in [0.05, 0.1) is 25.9 Å². The van der Waals surface area contributed by atoms with Crippen molar-refractivity contribution in [1.82, 2.24) is 16.0 Å². The Bertz CT molecular complexity index is 717. The number of hydrogen-bond acceptors (Lipinski definition) is 3. The average Bonchev–Trinajstić information content (AvgIpc) is 3.10. The summed E-state index contributed by atoms with van der Waals surface area (Å²) in [5.74, 6) is 1.07. The highest BCUT2D eigenvalue weighted by Gasteiger charge is 2.06. The maximum absolute atomic E-state index is 11.9. The molecule has 0 aliphatic heterocycles. The van der Waals surface area contributed by atoms with Crippen LogP contribution in [-0.2, 0) is 17.9 Å². The second-order valence-corrected chi connectivity index (χ2v) is 5.98. The van der Waals surface area contributed by atoms with Crippen LogP contribution in [-0.4, -0.2) is 25.0 Å². The van der Waals surface area contributed by atoms with Crippen LogP contribution in [0.2, 0.25) is 10.0 Å². The van der Waals surface area contributed by atoms with Gasteiger partial charge in [0.15, 0.2) is 5.96 Å². The lowest BCUT2D eigenvalue weighted by molar-refractivity contribution is -0.120. The fourth-order valence-corrected chi connectivity index (χ4v) is 2.45. The molecule has 0 spiro atoms. The van der Waals surface area contributed by atoms with E-state index in [1.807, 2.05) is 13.0 Å². The third-order valence-electron chi connectivity index (χ3n) is 3.22. The molecule has 2 aromatic rings. The zero-order valence-electron chi connectivity index (χ0n) is 13.8. The number of nitrogens with one attached hydrogen (secondary N) is 3. The second kappa shape index (κ2) is 9.96. The lowest BCUT2D eigenvalue weighted by Gasteiger charge is -2.11. The molecule has 0 unspecified atom stereocenters. The molecule has 0 saturated heterocycles. The van der Waals surface area contributed by atoms with E-state index in [-0.39, 0.29) is 12.5 Å². The van der Waals surface area contributed by atoms with Crippen LogP contribution < -0.4 is 16.0 Å². The van der Waals surface area contributed by atoms with Crippen LogP contribution >= 0.6 is 23.2 Å². The van der Waals surface area contributed by atoms with Crippen molar-refractivity contribution in [2.45, 2.75) is 20.0 Å². The molecule has 0 fully saturated rings. The first-order valence-electron chi connectivity index (χ1n) is 7.83. The topological polar surface area (TPSA) is 78.7 Å². The molecule has 2 rings (SSSR count). The van der Waals surface area contributed by atoms with Crippen LogP contribution in [0.3, 0.4) is 0 Å². The summed E-state index contributed by atoms with van der Waals surface area (Å²) < 4.78 is 5.16. The quantitative estimate of drug-likeness (QED) is 0.508. The third-order valence-corrected chi connectivity index (χ3v) is 3.81. The molecule has 1 heterocycles. The van der Waals surface area contributed by atoms with Gasteiger partial charge in [0, 0.05) is 16.6 Å². The van der Waals surface area contributed by atoms with E-state index in [1.54, 1.807) is 30.5 Å². The Morgan fingerprint density at radius 2 is 2.04 bits per heavy atom. The smallest absolute Gasteiger partial charge is 0.239 e. The minimum absolute atomic E-state index is 0.0981. The van der Waals surface area contributed by atoms with E-state index in [2.05, 4.69) is 20.9 Å². The molecular weight excluding hydrogens is 363 g/mol. The number of carbonyl (C=O) groups excluding carboxylic acids is 1. The molecule has 0 aliphatic rings. The molecular formula is C17H20Cl2N4O2. The van der Waals surface area contributed by atoms with Gasteiger partial charge in [-0.2, -0.15) is 0 Å². The molecule has 1 aromatic carbocycles. The lowest BCUT2D eigenvalue weighted by atomic mass is 10.2. The molecule has 0 bridgehead atoms. The van der Waals surface area contributed by atoms with E-state index < -0.39 is 0 Å².